The molecule has 0 aromatic rings. The van der Waals surface area contributed by atoms with Crippen molar-refractivity contribution in [1.82, 2.24) is 0 Å². The number of rotatable bonds is 4. The number of aliphatic hydroxyl groups is 5. The van der Waals surface area contributed by atoms with E-state index in [4.69, 9.17) is 18.9 Å². The molecule has 10 heteroatoms. The maximum absolute atomic E-state index is 11.8. The van der Waals surface area contributed by atoms with Crippen LogP contribution in [-0.4, -0.2) is 87.3 Å². The molecule has 3 rings (SSSR count). The van der Waals surface area contributed by atoms with Gasteiger partial charge in [-0.2, -0.15) is 0 Å². The predicted octanol–water partition coefficient (Wildman–Crippen LogP) is -2.48. The van der Waals surface area contributed by atoms with Crippen LogP contribution in [0, 0.1) is 5.92 Å². The Hall–Kier alpha value is -1.53. The first-order valence-electron chi connectivity index (χ1n) is 8.17. The smallest absolute Gasteiger partial charge is 0.340 e. The molecule has 8 atom stereocenters. The van der Waals surface area contributed by atoms with Crippen molar-refractivity contribution in [3.63, 3.8) is 0 Å². The summed E-state index contributed by atoms with van der Waals surface area (Å²) in [7, 11) is 0. The molecule has 0 aromatic carbocycles. The molecule has 2 unspecified atom stereocenters. The third-order valence-electron chi connectivity index (χ3n) is 4.94. The van der Waals surface area contributed by atoms with Crippen LogP contribution in [0.1, 0.15) is 6.42 Å². The van der Waals surface area contributed by atoms with Gasteiger partial charge in [-0.1, -0.05) is 6.08 Å². The molecule has 0 aromatic heterocycles. The summed E-state index contributed by atoms with van der Waals surface area (Å²) in [5.74, 6) is -1.61. The molecule has 0 saturated carbocycles. The lowest BCUT2D eigenvalue weighted by Crippen LogP contribution is -2.61. The average molecular weight is 374 g/mol. The lowest BCUT2D eigenvalue weighted by atomic mass is 9.76. The molecule has 2 fully saturated rings. The minimum absolute atomic E-state index is 0.00375. The van der Waals surface area contributed by atoms with Crippen molar-refractivity contribution in [1.29, 1.82) is 0 Å². The van der Waals surface area contributed by atoms with E-state index in [1.54, 1.807) is 0 Å². The minimum atomic E-state index is -1.63. The number of hydrogen-bond donors (Lipinski definition) is 5. The summed E-state index contributed by atoms with van der Waals surface area (Å²) >= 11 is 0. The van der Waals surface area contributed by atoms with Gasteiger partial charge >= 0.3 is 5.97 Å². The Kier molecular flexibility index (Phi) is 5.35. The summed E-state index contributed by atoms with van der Waals surface area (Å²) in [5, 5.41) is 49.9. The van der Waals surface area contributed by atoms with E-state index in [0.717, 1.165) is 6.26 Å². The van der Waals surface area contributed by atoms with Crippen molar-refractivity contribution in [3.8, 4) is 0 Å². The van der Waals surface area contributed by atoms with E-state index in [9.17, 15) is 30.3 Å². The first-order valence-corrected chi connectivity index (χ1v) is 8.17. The Morgan fingerprint density at radius 1 is 1.27 bits per heavy atom. The predicted molar refractivity (Wildman–Crippen MR) is 82.0 cm³/mol. The van der Waals surface area contributed by atoms with Gasteiger partial charge in [0.25, 0.3) is 0 Å². The molecular formula is C16H22O10. The number of ether oxygens (including phenoxy) is 4. The van der Waals surface area contributed by atoms with E-state index in [1.807, 2.05) is 0 Å². The summed E-state index contributed by atoms with van der Waals surface area (Å²) in [6.07, 6.45) is -6.10. The second-order valence-electron chi connectivity index (χ2n) is 6.44. The molecule has 3 heterocycles. The fourth-order valence-electron chi connectivity index (χ4n) is 3.36. The topological polar surface area (TPSA) is 155 Å². The van der Waals surface area contributed by atoms with Crippen LogP contribution < -0.4 is 0 Å². The van der Waals surface area contributed by atoms with Crippen LogP contribution in [0.5, 0.6) is 0 Å². The van der Waals surface area contributed by atoms with Crippen LogP contribution in [-0.2, 0) is 23.7 Å². The quantitative estimate of drug-likeness (QED) is 0.264. The number of fused-ring (bicyclic) bond motifs is 1. The van der Waals surface area contributed by atoms with Crippen molar-refractivity contribution in [2.45, 2.75) is 49.0 Å². The maximum Gasteiger partial charge on any atom is 0.340 e. The van der Waals surface area contributed by atoms with Crippen LogP contribution >= 0.6 is 0 Å². The van der Waals surface area contributed by atoms with E-state index in [-0.39, 0.29) is 18.6 Å². The normalized spacial score (nSPS) is 45.8. The fraction of sp³-hybridized carbons (Fsp3) is 0.688. The Balaban J connectivity index is 1.81. The van der Waals surface area contributed by atoms with E-state index >= 15 is 0 Å². The molecule has 146 valence electrons. The van der Waals surface area contributed by atoms with E-state index in [2.05, 4.69) is 6.58 Å². The van der Waals surface area contributed by atoms with Gasteiger partial charge in [-0.15, -0.1) is 6.58 Å². The van der Waals surface area contributed by atoms with Gasteiger partial charge in [0.15, 0.2) is 6.29 Å². The van der Waals surface area contributed by atoms with Gasteiger partial charge in [-0.3, -0.25) is 0 Å². The number of carbonyl (C=O) groups excluding carboxylic acids is 1. The highest BCUT2D eigenvalue weighted by molar-refractivity contribution is 5.91. The lowest BCUT2D eigenvalue weighted by Gasteiger charge is -2.46. The van der Waals surface area contributed by atoms with Gasteiger partial charge in [0.2, 0.25) is 6.29 Å². The van der Waals surface area contributed by atoms with Gasteiger partial charge in [-0.05, 0) is 0 Å². The van der Waals surface area contributed by atoms with Crippen molar-refractivity contribution in [2.75, 3.05) is 13.2 Å². The standard InChI is InChI=1S/C16H22O10/c1-2-7-14(24-6-8-13(21)23-4-3-16(7,8)22)26-15-12(20)11(19)10(18)9(5-17)25-15/h2,6-7,9-12,14-15,17-20,22H,1,3-5H2/t7-,9-,10+,11-,12-,14?,15+,16?/m1/s1. The Labute approximate surface area is 148 Å². The minimum Gasteiger partial charge on any atom is -0.471 e. The van der Waals surface area contributed by atoms with Crippen molar-refractivity contribution < 1.29 is 49.3 Å². The van der Waals surface area contributed by atoms with Gasteiger partial charge in [-0.25, -0.2) is 4.79 Å². The van der Waals surface area contributed by atoms with Crippen LogP contribution in [0.25, 0.3) is 0 Å². The average Bonchev–Trinajstić information content (AvgIpc) is 2.61. The van der Waals surface area contributed by atoms with Gasteiger partial charge < -0.3 is 44.5 Å². The highest BCUT2D eigenvalue weighted by Gasteiger charge is 2.54. The zero-order chi connectivity index (χ0) is 19.1. The highest BCUT2D eigenvalue weighted by Crippen LogP contribution is 2.42. The van der Waals surface area contributed by atoms with Gasteiger partial charge in [0, 0.05) is 6.42 Å². The molecule has 2 saturated heterocycles. The second kappa shape index (κ2) is 7.24. The Morgan fingerprint density at radius 3 is 2.65 bits per heavy atom. The lowest BCUT2D eigenvalue weighted by molar-refractivity contribution is -0.344. The molecule has 0 bridgehead atoms. The fourth-order valence-corrected chi connectivity index (χ4v) is 3.36. The Bertz CT molecular complexity index is 590. The number of hydrogen-bond acceptors (Lipinski definition) is 10. The SMILES string of the molecule is C=C[C@@H]1C(O[C@@H]2O[C@H](CO)[C@H](O)[C@@H](O)[C@H]2O)OC=C2C(=O)OCCC21O. The first kappa shape index (κ1) is 19.2. The molecule has 26 heavy (non-hydrogen) atoms. The number of esters is 1. The van der Waals surface area contributed by atoms with Crippen LogP contribution in [0.2, 0.25) is 0 Å². The van der Waals surface area contributed by atoms with Crippen LogP contribution in [0.4, 0.5) is 0 Å². The third-order valence-corrected chi connectivity index (χ3v) is 4.94. The van der Waals surface area contributed by atoms with Gasteiger partial charge in [0.05, 0.1) is 25.4 Å². The maximum atomic E-state index is 11.8. The molecule has 0 amide bonds. The molecule has 3 aliphatic rings. The summed E-state index contributed by atoms with van der Waals surface area (Å²) in [6, 6.07) is 0. The van der Waals surface area contributed by atoms with Crippen molar-refractivity contribution in [2.24, 2.45) is 5.92 Å². The number of cyclic esters (lactones) is 1. The molecule has 3 aliphatic heterocycles. The molecule has 5 N–H and O–H groups in total. The first-order chi connectivity index (χ1) is 12.3. The summed E-state index contributed by atoms with van der Waals surface area (Å²) in [5.41, 5.74) is -1.70. The number of aliphatic hydroxyl groups excluding tert-OH is 4. The second-order valence-corrected chi connectivity index (χ2v) is 6.44. The summed E-state index contributed by atoms with van der Waals surface area (Å²) in [4.78, 5) is 11.8. The summed E-state index contributed by atoms with van der Waals surface area (Å²) < 4.78 is 21.1. The van der Waals surface area contributed by atoms with Crippen LogP contribution in [0.15, 0.2) is 24.5 Å². The third kappa shape index (κ3) is 3.03. The summed E-state index contributed by atoms with van der Waals surface area (Å²) in [6.45, 7) is 3.03. The van der Waals surface area contributed by atoms with Gasteiger partial charge in [0.1, 0.15) is 35.6 Å². The molecular weight excluding hydrogens is 352 g/mol. The molecule has 0 radical (unpaired) electrons. The van der Waals surface area contributed by atoms with Crippen molar-refractivity contribution in [3.05, 3.63) is 24.5 Å². The molecule has 0 spiro atoms. The Morgan fingerprint density at radius 2 is 2.00 bits per heavy atom. The molecule has 0 aliphatic carbocycles. The zero-order valence-electron chi connectivity index (χ0n) is 13.8. The zero-order valence-corrected chi connectivity index (χ0v) is 13.8. The van der Waals surface area contributed by atoms with Crippen LogP contribution in [0.3, 0.4) is 0 Å². The number of carbonyl (C=O) groups is 1. The van der Waals surface area contributed by atoms with Crippen molar-refractivity contribution >= 4 is 5.97 Å². The van der Waals surface area contributed by atoms with E-state index in [0.29, 0.717) is 0 Å². The van der Waals surface area contributed by atoms with E-state index in [1.165, 1.54) is 6.08 Å². The molecule has 10 nitrogen and oxygen atoms in total. The largest absolute Gasteiger partial charge is 0.471 e. The van der Waals surface area contributed by atoms with E-state index < -0.39 is 61.1 Å². The monoisotopic (exact) mass is 374 g/mol. The highest BCUT2D eigenvalue weighted by atomic mass is 16.8.